The third-order valence-corrected chi connectivity index (χ3v) is 8.02. The van der Waals surface area contributed by atoms with Gasteiger partial charge in [0.05, 0.1) is 9.38 Å². The maximum Gasteiger partial charge on any atom is 0.293 e. The van der Waals surface area contributed by atoms with Crippen LogP contribution in [0, 0.1) is 5.92 Å². The highest BCUT2D eigenvalue weighted by Gasteiger charge is 2.36. The van der Waals surface area contributed by atoms with E-state index in [0.29, 0.717) is 33.2 Å². The van der Waals surface area contributed by atoms with Crippen molar-refractivity contribution in [1.82, 2.24) is 4.90 Å². The molecule has 2 aliphatic rings. The predicted molar refractivity (Wildman–Crippen MR) is 121 cm³/mol. The lowest BCUT2D eigenvalue weighted by Crippen LogP contribution is -2.34. The molecule has 1 aliphatic carbocycles. The molecule has 2 heterocycles. The van der Waals surface area contributed by atoms with E-state index in [0.717, 1.165) is 34.0 Å². The van der Waals surface area contributed by atoms with E-state index >= 15 is 0 Å². The molecular weight excluding hydrogens is 494 g/mol. The van der Waals surface area contributed by atoms with Crippen LogP contribution in [-0.2, 0) is 4.79 Å². The van der Waals surface area contributed by atoms with Crippen LogP contribution in [0.25, 0.3) is 6.08 Å². The summed E-state index contributed by atoms with van der Waals surface area (Å²) in [5.74, 6) is 0.748. The highest BCUT2D eigenvalue weighted by atomic mass is 79.9. The van der Waals surface area contributed by atoms with Gasteiger partial charge in [0, 0.05) is 22.5 Å². The van der Waals surface area contributed by atoms with Crippen LogP contribution in [0.15, 0.2) is 54.1 Å². The summed E-state index contributed by atoms with van der Waals surface area (Å²) in [5, 5.41) is 1.17. The van der Waals surface area contributed by atoms with Gasteiger partial charge in [-0.2, -0.15) is 0 Å². The van der Waals surface area contributed by atoms with Gasteiger partial charge in [0.15, 0.2) is 5.09 Å². The van der Waals surface area contributed by atoms with E-state index in [-0.39, 0.29) is 11.1 Å². The minimum absolute atomic E-state index is 0.187. The summed E-state index contributed by atoms with van der Waals surface area (Å²) in [6.07, 6.45) is 7.47. The minimum Gasteiger partial charge on any atom is -0.449 e. The van der Waals surface area contributed by atoms with E-state index in [4.69, 9.17) is 16.0 Å². The van der Waals surface area contributed by atoms with Crippen molar-refractivity contribution in [3.05, 3.63) is 50.5 Å². The molecular formula is C21H19BrClNO3S2. The van der Waals surface area contributed by atoms with Gasteiger partial charge in [-0.1, -0.05) is 42.6 Å². The molecule has 0 radical (unpaired) electrons. The molecule has 2 fully saturated rings. The summed E-state index contributed by atoms with van der Waals surface area (Å²) < 4.78 is 6.69. The number of furan rings is 1. The first-order chi connectivity index (χ1) is 14.0. The molecule has 8 heteroatoms. The van der Waals surface area contributed by atoms with Crippen molar-refractivity contribution < 1.29 is 14.0 Å². The molecule has 1 aromatic carbocycles. The number of hydrogen-bond acceptors (Lipinski definition) is 5. The first-order valence-electron chi connectivity index (χ1n) is 9.48. The van der Waals surface area contributed by atoms with Crippen LogP contribution in [0.5, 0.6) is 0 Å². The molecule has 29 heavy (non-hydrogen) atoms. The number of carbonyl (C=O) groups is 2. The van der Waals surface area contributed by atoms with Crippen LogP contribution in [0.2, 0.25) is 5.02 Å². The van der Waals surface area contributed by atoms with E-state index in [9.17, 15) is 9.59 Å². The third-order valence-electron chi connectivity index (χ3n) is 5.01. The molecule has 4 nitrogen and oxygen atoms in total. The molecule has 1 saturated heterocycles. The van der Waals surface area contributed by atoms with Gasteiger partial charge >= 0.3 is 0 Å². The second-order valence-corrected chi connectivity index (χ2v) is 10.5. The Hall–Kier alpha value is -1.15. The molecule has 0 spiro atoms. The predicted octanol–water partition coefficient (Wildman–Crippen LogP) is 7.46. The zero-order chi connectivity index (χ0) is 20.4. The van der Waals surface area contributed by atoms with Crippen LogP contribution in [0.4, 0.5) is 4.79 Å². The van der Waals surface area contributed by atoms with Gasteiger partial charge in [-0.3, -0.25) is 14.5 Å². The van der Waals surface area contributed by atoms with Gasteiger partial charge in [-0.05, 0) is 76.8 Å². The van der Waals surface area contributed by atoms with Crippen LogP contribution >= 0.6 is 51.1 Å². The molecule has 0 atom stereocenters. The van der Waals surface area contributed by atoms with Crippen molar-refractivity contribution in [2.75, 3.05) is 6.54 Å². The lowest BCUT2D eigenvalue weighted by Gasteiger charge is -2.25. The molecule has 1 saturated carbocycles. The fourth-order valence-electron chi connectivity index (χ4n) is 3.53. The Morgan fingerprint density at radius 1 is 1.21 bits per heavy atom. The van der Waals surface area contributed by atoms with Crippen molar-refractivity contribution in [2.24, 2.45) is 5.92 Å². The second kappa shape index (κ2) is 9.33. The standard InChI is InChI=1S/C21H19BrClNO3S2/c22-17-10-15(27-20(17)28-16-8-6-14(23)7-9-16)11-18-19(25)24(21(26)29-18)12-13-4-2-1-3-5-13/h6-11,13H,1-5,12H2/b18-11+. The van der Waals surface area contributed by atoms with Crippen LogP contribution in [0.3, 0.4) is 0 Å². The number of thioether (sulfide) groups is 1. The van der Waals surface area contributed by atoms with Gasteiger partial charge in [0.1, 0.15) is 5.76 Å². The summed E-state index contributed by atoms with van der Waals surface area (Å²) in [7, 11) is 0. The van der Waals surface area contributed by atoms with Crippen molar-refractivity contribution in [1.29, 1.82) is 0 Å². The average Bonchev–Trinajstić information content (AvgIpc) is 3.18. The number of halogens is 2. The summed E-state index contributed by atoms with van der Waals surface area (Å²) in [6.45, 7) is 0.529. The van der Waals surface area contributed by atoms with E-state index in [2.05, 4.69) is 15.9 Å². The molecule has 2 aromatic rings. The van der Waals surface area contributed by atoms with Crippen molar-refractivity contribution in [2.45, 2.75) is 42.1 Å². The lowest BCUT2D eigenvalue weighted by molar-refractivity contribution is -0.123. The van der Waals surface area contributed by atoms with Gasteiger partial charge in [-0.25, -0.2) is 0 Å². The maximum absolute atomic E-state index is 12.8. The summed E-state index contributed by atoms with van der Waals surface area (Å²) in [5.41, 5.74) is 0. The first kappa shape index (κ1) is 21.1. The molecule has 2 amide bonds. The minimum atomic E-state index is -0.218. The average molecular weight is 513 g/mol. The molecule has 0 N–H and O–H groups in total. The summed E-state index contributed by atoms with van der Waals surface area (Å²) in [6, 6.07) is 9.29. The highest BCUT2D eigenvalue weighted by molar-refractivity contribution is 9.10. The lowest BCUT2D eigenvalue weighted by atomic mass is 9.89. The number of rotatable bonds is 5. The van der Waals surface area contributed by atoms with E-state index in [1.807, 2.05) is 30.3 Å². The summed E-state index contributed by atoms with van der Waals surface area (Å²) >= 11 is 11.9. The quantitative estimate of drug-likeness (QED) is 0.389. The Morgan fingerprint density at radius 3 is 2.66 bits per heavy atom. The topological polar surface area (TPSA) is 50.5 Å². The van der Waals surface area contributed by atoms with Crippen LogP contribution in [-0.4, -0.2) is 22.6 Å². The Morgan fingerprint density at radius 2 is 1.93 bits per heavy atom. The van der Waals surface area contributed by atoms with E-state index in [1.54, 1.807) is 6.08 Å². The van der Waals surface area contributed by atoms with Crippen LogP contribution < -0.4 is 0 Å². The largest absolute Gasteiger partial charge is 0.449 e. The molecule has 4 rings (SSSR count). The van der Waals surface area contributed by atoms with Gasteiger partial charge in [0.2, 0.25) is 0 Å². The highest BCUT2D eigenvalue weighted by Crippen LogP contribution is 2.39. The Bertz CT molecular complexity index is 951. The number of hydrogen-bond donors (Lipinski definition) is 0. The monoisotopic (exact) mass is 511 g/mol. The molecule has 0 bridgehead atoms. The number of imide groups is 1. The molecule has 152 valence electrons. The fourth-order valence-corrected chi connectivity index (χ4v) is 5.82. The number of nitrogens with zero attached hydrogens (tertiary/aromatic N) is 1. The van der Waals surface area contributed by atoms with Crippen molar-refractivity contribution >= 4 is 68.3 Å². The Kier molecular flexibility index (Phi) is 6.79. The van der Waals surface area contributed by atoms with Crippen molar-refractivity contribution in [3.8, 4) is 0 Å². The van der Waals surface area contributed by atoms with E-state index < -0.39 is 0 Å². The zero-order valence-corrected chi connectivity index (χ0v) is 19.5. The molecule has 1 aromatic heterocycles. The molecule has 0 unspecified atom stereocenters. The maximum atomic E-state index is 12.8. The zero-order valence-electron chi connectivity index (χ0n) is 15.5. The summed E-state index contributed by atoms with van der Waals surface area (Å²) in [4.78, 5) is 27.9. The van der Waals surface area contributed by atoms with Gasteiger partial charge in [0.25, 0.3) is 11.1 Å². The molecule has 1 aliphatic heterocycles. The number of benzene rings is 1. The second-order valence-electron chi connectivity index (χ2n) is 7.14. The van der Waals surface area contributed by atoms with Crippen molar-refractivity contribution in [3.63, 3.8) is 0 Å². The third kappa shape index (κ3) is 5.13. The van der Waals surface area contributed by atoms with Gasteiger partial charge < -0.3 is 4.42 Å². The van der Waals surface area contributed by atoms with E-state index in [1.165, 1.54) is 35.9 Å². The first-order valence-corrected chi connectivity index (χ1v) is 12.3. The number of carbonyl (C=O) groups excluding carboxylic acids is 2. The normalized spacial score (nSPS) is 19.5. The number of amides is 2. The SMILES string of the molecule is O=C1S/C(=C/c2cc(Br)c(Sc3ccc(Cl)cc3)o2)C(=O)N1CC1CCCCC1. The van der Waals surface area contributed by atoms with Crippen LogP contribution in [0.1, 0.15) is 37.9 Å². The van der Waals surface area contributed by atoms with Gasteiger partial charge in [-0.15, -0.1) is 0 Å². The Balaban J connectivity index is 1.47. The Labute approximate surface area is 191 Å². The fraction of sp³-hybridized carbons (Fsp3) is 0.333. The smallest absolute Gasteiger partial charge is 0.293 e.